The minimum Gasteiger partial charge on any atom is -0.468 e. The summed E-state index contributed by atoms with van der Waals surface area (Å²) < 4.78 is 17.3. The molecule has 0 spiro atoms. The molecule has 5 heteroatoms. The van der Waals surface area contributed by atoms with Crippen molar-refractivity contribution in [3.8, 4) is 0 Å². The number of carbonyl (C=O) groups is 1. The van der Waals surface area contributed by atoms with Gasteiger partial charge in [0.05, 0.1) is 7.11 Å². The Morgan fingerprint density at radius 3 is 2.59 bits per heavy atom. The lowest BCUT2D eigenvalue weighted by Gasteiger charge is -2.19. The molecule has 0 heterocycles. The lowest BCUT2D eigenvalue weighted by Crippen LogP contribution is -2.31. The van der Waals surface area contributed by atoms with Crippen LogP contribution >= 0.6 is 15.9 Å². The molecule has 1 atom stereocenters. The molecular weight excluding hydrogens is 289 g/mol. The molecule has 0 aliphatic rings. The Hall–Kier alpha value is -0.940. The normalized spacial score (nSPS) is 12.5. The maximum atomic E-state index is 12.7. The average molecular weight is 304 g/mol. The number of carbonyl (C=O) groups excluding carboxylic acids is 1. The van der Waals surface area contributed by atoms with Crippen molar-refractivity contribution in [1.82, 2.24) is 4.90 Å². The van der Waals surface area contributed by atoms with Crippen LogP contribution in [0.25, 0.3) is 0 Å². The summed E-state index contributed by atoms with van der Waals surface area (Å²) in [5.41, 5.74) is 0.999. The Kier molecular flexibility index (Phi) is 5.58. The van der Waals surface area contributed by atoms with Gasteiger partial charge in [0.1, 0.15) is 10.6 Å². The second-order valence-corrected chi connectivity index (χ2v) is 4.92. The first-order valence-corrected chi connectivity index (χ1v) is 6.09. The summed E-state index contributed by atoms with van der Waals surface area (Å²) in [6.07, 6.45) is 0. The van der Waals surface area contributed by atoms with Crippen LogP contribution in [0.3, 0.4) is 0 Å². The Morgan fingerprint density at radius 2 is 2.06 bits per heavy atom. The van der Waals surface area contributed by atoms with Gasteiger partial charge in [0.15, 0.2) is 0 Å². The molecule has 3 nitrogen and oxygen atoms in total. The molecule has 1 aromatic carbocycles. The van der Waals surface area contributed by atoms with Crippen LogP contribution in [0.2, 0.25) is 0 Å². The first-order valence-electron chi connectivity index (χ1n) is 5.18. The summed E-state index contributed by atoms with van der Waals surface area (Å²) >= 11 is 3.25. The Morgan fingerprint density at radius 1 is 1.47 bits per heavy atom. The predicted molar refractivity (Wildman–Crippen MR) is 67.5 cm³/mol. The first-order chi connectivity index (χ1) is 8.02. The van der Waals surface area contributed by atoms with Gasteiger partial charge in [-0.1, -0.05) is 28.1 Å². The van der Waals surface area contributed by atoms with Crippen molar-refractivity contribution in [2.45, 2.75) is 11.4 Å². The standard InChI is InChI=1S/C12H15BrFNO2/c1-15(8-11(13)12(16)17-2)7-9-3-5-10(14)6-4-9/h3-6,11H,7-8H2,1-2H3. The molecule has 0 N–H and O–H groups in total. The van der Waals surface area contributed by atoms with Gasteiger partial charge >= 0.3 is 5.97 Å². The van der Waals surface area contributed by atoms with Crippen molar-refractivity contribution in [2.24, 2.45) is 0 Å². The molecule has 0 bridgehead atoms. The second kappa shape index (κ2) is 6.71. The van der Waals surface area contributed by atoms with Gasteiger partial charge in [-0.25, -0.2) is 4.39 Å². The number of methoxy groups -OCH3 is 1. The number of rotatable bonds is 5. The minimum atomic E-state index is -0.349. The molecule has 0 saturated heterocycles. The topological polar surface area (TPSA) is 29.5 Å². The lowest BCUT2D eigenvalue weighted by molar-refractivity contribution is -0.140. The van der Waals surface area contributed by atoms with Gasteiger partial charge in [0.25, 0.3) is 0 Å². The van der Waals surface area contributed by atoms with Crippen LogP contribution in [0, 0.1) is 5.82 Å². The molecule has 1 rings (SSSR count). The van der Waals surface area contributed by atoms with E-state index in [0.29, 0.717) is 13.1 Å². The fraction of sp³-hybridized carbons (Fsp3) is 0.417. The van der Waals surface area contributed by atoms with E-state index in [4.69, 9.17) is 0 Å². The molecule has 0 aliphatic carbocycles. The number of esters is 1. The number of hydrogen-bond acceptors (Lipinski definition) is 3. The van der Waals surface area contributed by atoms with Crippen molar-refractivity contribution < 1.29 is 13.9 Å². The smallest absolute Gasteiger partial charge is 0.320 e. The fourth-order valence-corrected chi connectivity index (χ4v) is 2.12. The maximum Gasteiger partial charge on any atom is 0.320 e. The highest BCUT2D eigenvalue weighted by molar-refractivity contribution is 9.10. The Labute approximate surface area is 109 Å². The maximum absolute atomic E-state index is 12.7. The number of hydrogen-bond donors (Lipinski definition) is 0. The van der Waals surface area contributed by atoms with Crippen LogP contribution in [0.4, 0.5) is 4.39 Å². The van der Waals surface area contributed by atoms with Gasteiger partial charge in [0, 0.05) is 13.1 Å². The van der Waals surface area contributed by atoms with Gasteiger partial charge < -0.3 is 9.64 Å². The van der Waals surface area contributed by atoms with E-state index in [0.717, 1.165) is 5.56 Å². The average Bonchev–Trinajstić information content (AvgIpc) is 2.30. The van der Waals surface area contributed by atoms with Crippen LogP contribution in [0.15, 0.2) is 24.3 Å². The molecule has 0 saturated carbocycles. The molecule has 1 unspecified atom stereocenters. The number of alkyl halides is 1. The van der Waals surface area contributed by atoms with Gasteiger partial charge in [0.2, 0.25) is 0 Å². The van der Waals surface area contributed by atoms with E-state index in [2.05, 4.69) is 20.7 Å². The van der Waals surface area contributed by atoms with E-state index < -0.39 is 0 Å². The number of halogens is 2. The summed E-state index contributed by atoms with van der Waals surface area (Å²) in [5, 5.41) is 0. The highest BCUT2D eigenvalue weighted by Crippen LogP contribution is 2.09. The zero-order valence-electron chi connectivity index (χ0n) is 9.82. The predicted octanol–water partition coefficient (Wildman–Crippen LogP) is 2.19. The van der Waals surface area contributed by atoms with Crippen molar-refractivity contribution in [3.63, 3.8) is 0 Å². The quantitative estimate of drug-likeness (QED) is 0.617. The third kappa shape index (κ3) is 4.83. The molecule has 0 aromatic heterocycles. The van der Waals surface area contributed by atoms with Crippen LogP contribution < -0.4 is 0 Å². The van der Waals surface area contributed by atoms with Gasteiger partial charge in [-0.05, 0) is 24.7 Å². The monoisotopic (exact) mass is 303 g/mol. The van der Waals surface area contributed by atoms with Gasteiger partial charge in [-0.3, -0.25) is 4.79 Å². The van der Waals surface area contributed by atoms with Crippen molar-refractivity contribution in [2.75, 3.05) is 20.7 Å². The molecule has 17 heavy (non-hydrogen) atoms. The van der Waals surface area contributed by atoms with Crippen molar-refractivity contribution in [1.29, 1.82) is 0 Å². The molecule has 0 amide bonds. The third-order valence-corrected chi connectivity index (χ3v) is 2.96. The van der Waals surface area contributed by atoms with Crippen LogP contribution in [0.5, 0.6) is 0 Å². The first kappa shape index (κ1) is 14.1. The zero-order chi connectivity index (χ0) is 12.8. The summed E-state index contributed by atoms with van der Waals surface area (Å²) in [6.45, 7) is 1.18. The minimum absolute atomic E-state index is 0.246. The largest absolute Gasteiger partial charge is 0.468 e. The highest BCUT2D eigenvalue weighted by Gasteiger charge is 2.17. The Balaban J connectivity index is 2.46. The van der Waals surface area contributed by atoms with E-state index in [9.17, 15) is 9.18 Å². The fourth-order valence-electron chi connectivity index (χ4n) is 1.44. The summed E-state index contributed by atoms with van der Waals surface area (Å²) in [5.74, 6) is -0.541. The molecule has 94 valence electrons. The van der Waals surface area contributed by atoms with E-state index in [1.807, 2.05) is 11.9 Å². The summed E-state index contributed by atoms with van der Waals surface area (Å²) in [7, 11) is 3.25. The second-order valence-electron chi connectivity index (χ2n) is 3.81. The zero-order valence-corrected chi connectivity index (χ0v) is 11.4. The molecule has 0 aliphatic heterocycles. The molecule has 0 fully saturated rings. The number of nitrogens with zero attached hydrogens (tertiary/aromatic N) is 1. The van der Waals surface area contributed by atoms with Crippen molar-refractivity contribution in [3.05, 3.63) is 35.6 Å². The molecule has 0 radical (unpaired) electrons. The molecule has 1 aromatic rings. The number of benzene rings is 1. The van der Waals surface area contributed by atoms with Crippen LogP contribution in [-0.2, 0) is 16.1 Å². The van der Waals surface area contributed by atoms with Crippen LogP contribution in [0.1, 0.15) is 5.56 Å². The third-order valence-electron chi connectivity index (χ3n) is 2.29. The van der Waals surface area contributed by atoms with E-state index in [1.165, 1.54) is 19.2 Å². The van der Waals surface area contributed by atoms with E-state index in [-0.39, 0.29) is 16.6 Å². The lowest BCUT2D eigenvalue weighted by atomic mass is 10.2. The van der Waals surface area contributed by atoms with E-state index in [1.54, 1.807) is 12.1 Å². The van der Waals surface area contributed by atoms with Gasteiger partial charge in [-0.2, -0.15) is 0 Å². The van der Waals surface area contributed by atoms with Gasteiger partial charge in [-0.15, -0.1) is 0 Å². The van der Waals surface area contributed by atoms with Crippen LogP contribution in [-0.4, -0.2) is 36.4 Å². The highest BCUT2D eigenvalue weighted by atomic mass is 79.9. The summed E-state index contributed by atoms with van der Waals surface area (Å²) in [4.78, 5) is 12.8. The Bertz CT molecular complexity index is 369. The molecular formula is C12H15BrFNO2. The number of ether oxygens (including phenoxy) is 1. The SMILES string of the molecule is COC(=O)C(Br)CN(C)Cc1ccc(F)cc1. The van der Waals surface area contributed by atoms with Crippen molar-refractivity contribution >= 4 is 21.9 Å². The summed E-state index contributed by atoms with van der Waals surface area (Å²) in [6, 6.07) is 6.31. The van der Waals surface area contributed by atoms with E-state index >= 15 is 0 Å².